The Morgan fingerprint density at radius 1 is 1.38 bits per heavy atom. The van der Waals surface area contributed by atoms with Gasteiger partial charge in [-0.15, -0.1) is 0 Å². The predicted octanol–water partition coefficient (Wildman–Crippen LogP) is 1.60. The maximum Gasteiger partial charge on any atom is 0.312 e. The van der Waals surface area contributed by atoms with Crippen LogP contribution in [0.25, 0.3) is 0 Å². The fraction of sp³-hybridized carbons (Fsp3) is 0.611. The lowest BCUT2D eigenvalue weighted by Gasteiger charge is -2.25. The minimum atomic E-state index is -0.704. The van der Waals surface area contributed by atoms with Crippen LogP contribution in [0.15, 0.2) is 18.2 Å². The molecule has 1 aromatic rings. The van der Waals surface area contributed by atoms with E-state index in [1.165, 1.54) is 6.07 Å². The lowest BCUT2D eigenvalue weighted by Crippen LogP contribution is -2.41. The van der Waals surface area contributed by atoms with E-state index < -0.39 is 11.4 Å². The van der Waals surface area contributed by atoms with Crippen LogP contribution in [0.5, 0.6) is 0 Å². The Labute approximate surface area is 142 Å². The van der Waals surface area contributed by atoms with Gasteiger partial charge in [0.1, 0.15) is 5.82 Å². The van der Waals surface area contributed by atoms with Crippen molar-refractivity contribution < 1.29 is 19.0 Å². The molecule has 0 aliphatic carbocycles. The zero-order valence-corrected chi connectivity index (χ0v) is 14.3. The number of rotatable bonds is 6. The van der Waals surface area contributed by atoms with Crippen molar-refractivity contribution in [3.63, 3.8) is 0 Å². The molecule has 0 radical (unpaired) electrons. The number of hydrogen-bond donors (Lipinski definition) is 1. The van der Waals surface area contributed by atoms with E-state index in [1.807, 2.05) is 6.07 Å². The maximum absolute atomic E-state index is 13.4. The highest BCUT2D eigenvalue weighted by Crippen LogP contribution is 2.43. The SMILES string of the molecule is COCCN1C[C@@H]2CN(Cc3ccc(F)c(C)c3)C[C@]2(C(=O)O)C1. The van der Waals surface area contributed by atoms with E-state index in [4.69, 9.17) is 4.74 Å². The molecule has 1 aromatic carbocycles. The number of benzene rings is 1. The zero-order chi connectivity index (χ0) is 17.3. The Balaban J connectivity index is 1.68. The van der Waals surface area contributed by atoms with E-state index in [0.717, 1.165) is 25.2 Å². The molecule has 0 unspecified atom stereocenters. The normalized spacial score (nSPS) is 27.5. The van der Waals surface area contributed by atoms with Gasteiger partial charge in [0.2, 0.25) is 0 Å². The molecule has 3 rings (SSSR count). The van der Waals surface area contributed by atoms with Crippen molar-refractivity contribution in [1.29, 1.82) is 0 Å². The van der Waals surface area contributed by atoms with Crippen LogP contribution in [0.2, 0.25) is 0 Å². The number of carboxylic acids is 1. The monoisotopic (exact) mass is 336 g/mol. The molecule has 2 saturated heterocycles. The third-order valence-corrected chi connectivity index (χ3v) is 5.42. The first-order valence-electron chi connectivity index (χ1n) is 8.36. The Kier molecular flexibility index (Phi) is 4.90. The van der Waals surface area contributed by atoms with E-state index in [2.05, 4.69) is 9.80 Å². The number of aryl methyl sites for hydroxylation is 1. The smallest absolute Gasteiger partial charge is 0.312 e. The fourth-order valence-corrected chi connectivity index (χ4v) is 4.15. The molecule has 2 heterocycles. The fourth-order valence-electron chi connectivity index (χ4n) is 4.15. The minimum Gasteiger partial charge on any atom is -0.481 e. The van der Waals surface area contributed by atoms with Crippen LogP contribution >= 0.6 is 0 Å². The first-order valence-corrected chi connectivity index (χ1v) is 8.36. The summed E-state index contributed by atoms with van der Waals surface area (Å²) in [5.74, 6) is -0.772. The van der Waals surface area contributed by atoms with Crippen LogP contribution in [0.4, 0.5) is 4.39 Å². The van der Waals surface area contributed by atoms with E-state index in [1.54, 1.807) is 20.1 Å². The number of fused-ring (bicyclic) bond motifs is 1. The summed E-state index contributed by atoms with van der Waals surface area (Å²) >= 11 is 0. The van der Waals surface area contributed by atoms with Gasteiger partial charge in [0.25, 0.3) is 0 Å². The summed E-state index contributed by atoms with van der Waals surface area (Å²) in [6, 6.07) is 5.12. The van der Waals surface area contributed by atoms with Gasteiger partial charge in [0, 0.05) is 52.3 Å². The average molecular weight is 336 g/mol. The third kappa shape index (κ3) is 3.18. The van der Waals surface area contributed by atoms with Gasteiger partial charge in [0.05, 0.1) is 12.0 Å². The number of nitrogens with zero attached hydrogens (tertiary/aromatic N) is 2. The second kappa shape index (κ2) is 6.78. The third-order valence-electron chi connectivity index (χ3n) is 5.42. The van der Waals surface area contributed by atoms with E-state index in [-0.39, 0.29) is 11.7 Å². The highest BCUT2D eigenvalue weighted by Gasteiger charge is 2.57. The van der Waals surface area contributed by atoms with Gasteiger partial charge in [-0.3, -0.25) is 14.6 Å². The molecule has 6 heteroatoms. The Morgan fingerprint density at radius 2 is 2.08 bits per heavy atom. The number of methoxy groups -OCH3 is 1. The van der Waals surface area contributed by atoms with Crippen molar-refractivity contribution in [1.82, 2.24) is 9.80 Å². The maximum atomic E-state index is 13.4. The molecule has 2 aliphatic rings. The molecule has 0 spiro atoms. The van der Waals surface area contributed by atoms with Gasteiger partial charge in [-0.2, -0.15) is 0 Å². The highest BCUT2D eigenvalue weighted by atomic mass is 19.1. The molecule has 2 fully saturated rings. The van der Waals surface area contributed by atoms with Gasteiger partial charge in [-0.1, -0.05) is 12.1 Å². The predicted molar refractivity (Wildman–Crippen MR) is 88.3 cm³/mol. The minimum absolute atomic E-state index is 0.133. The quantitative estimate of drug-likeness (QED) is 0.855. The van der Waals surface area contributed by atoms with Crippen LogP contribution in [0, 0.1) is 24.1 Å². The summed E-state index contributed by atoms with van der Waals surface area (Å²) in [6.45, 7) is 6.53. The molecule has 2 atom stereocenters. The summed E-state index contributed by atoms with van der Waals surface area (Å²) in [4.78, 5) is 16.4. The Bertz CT molecular complexity index is 624. The van der Waals surface area contributed by atoms with Crippen LogP contribution < -0.4 is 0 Å². The number of ether oxygens (including phenoxy) is 1. The van der Waals surface area contributed by atoms with Crippen molar-refractivity contribution in [3.8, 4) is 0 Å². The van der Waals surface area contributed by atoms with Crippen molar-refractivity contribution in [2.24, 2.45) is 11.3 Å². The Hall–Kier alpha value is -1.50. The van der Waals surface area contributed by atoms with Gasteiger partial charge in [-0.25, -0.2) is 4.39 Å². The molecule has 5 nitrogen and oxygen atoms in total. The molecule has 0 amide bonds. The molecule has 2 aliphatic heterocycles. The highest BCUT2D eigenvalue weighted by molar-refractivity contribution is 5.77. The van der Waals surface area contributed by atoms with Crippen molar-refractivity contribution in [3.05, 3.63) is 35.1 Å². The molecular formula is C18H25FN2O3. The first-order chi connectivity index (χ1) is 11.4. The summed E-state index contributed by atoms with van der Waals surface area (Å²) < 4.78 is 18.5. The lowest BCUT2D eigenvalue weighted by atomic mass is 9.81. The summed E-state index contributed by atoms with van der Waals surface area (Å²) in [6.07, 6.45) is 0. The van der Waals surface area contributed by atoms with Gasteiger partial charge < -0.3 is 9.84 Å². The van der Waals surface area contributed by atoms with E-state index in [9.17, 15) is 14.3 Å². The lowest BCUT2D eigenvalue weighted by molar-refractivity contribution is -0.149. The van der Waals surface area contributed by atoms with Crippen molar-refractivity contribution >= 4 is 5.97 Å². The molecule has 1 N–H and O–H groups in total. The van der Waals surface area contributed by atoms with Gasteiger partial charge in [0.15, 0.2) is 0 Å². The van der Waals surface area contributed by atoms with Crippen LogP contribution in [-0.4, -0.2) is 67.3 Å². The van der Waals surface area contributed by atoms with Crippen LogP contribution in [0.3, 0.4) is 0 Å². The second-order valence-electron chi connectivity index (χ2n) is 7.14. The van der Waals surface area contributed by atoms with Crippen molar-refractivity contribution in [2.45, 2.75) is 13.5 Å². The topological polar surface area (TPSA) is 53.0 Å². The molecule has 0 aromatic heterocycles. The summed E-state index contributed by atoms with van der Waals surface area (Å²) in [7, 11) is 1.66. The summed E-state index contributed by atoms with van der Waals surface area (Å²) in [5, 5.41) is 9.85. The molecular weight excluding hydrogens is 311 g/mol. The van der Waals surface area contributed by atoms with E-state index in [0.29, 0.717) is 31.8 Å². The molecule has 0 saturated carbocycles. The molecule has 132 valence electrons. The van der Waals surface area contributed by atoms with E-state index >= 15 is 0 Å². The molecule has 24 heavy (non-hydrogen) atoms. The number of halogens is 1. The standard InChI is InChI=1S/C18H25FN2O3/c1-13-7-14(3-4-16(13)19)8-21-10-15-9-20(5-6-24-2)11-18(15,12-21)17(22)23/h3-4,7,15H,5-6,8-12H2,1-2H3,(H,22,23)/t15-,18-/m1/s1. The van der Waals surface area contributed by atoms with Crippen molar-refractivity contribution in [2.75, 3.05) is 46.4 Å². The van der Waals surface area contributed by atoms with Crippen LogP contribution in [-0.2, 0) is 16.1 Å². The number of carboxylic acid groups (broad SMARTS) is 1. The number of aliphatic carboxylic acids is 1. The van der Waals surface area contributed by atoms with Gasteiger partial charge in [-0.05, 0) is 24.1 Å². The number of carbonyl (C=O) groups is 1. The number of likely N-dealkylation sites (tertiary alicyclic amines) is 2. The summed E-state index contributed by atoms with van der Waals surface area (Å²) in [5.41, 5.74) is 0.972. The number of hydrogen-bond acceptors (Lipinski definition) is 4. The second-order valence-corrected chi connectivity index (χ2v) is 7.14. The first kappa shape index (κ1) is 17.3. The largest absolute Gasteiger partial charge is 0.481 e. The Morgan fingerprint density at radius 3 is 2.71 bits per heavy atom. The average Bonchev–Trinajstić information content (AvgIpc) is 3.03. The van der Waals surface area contributed by atoms with Gasteiger partial charge >= 0.3 is 5.97 Å². The van der Waals surface area contributed by atoms with Crippen LogP contribution in [0.1, 0.15) is 11.1 Å². The zero-order valence-electron chi connectivity index (χ0n) is 14.3. The molecule has 0 bridgehead atoms.